The summed E-state index contributed by atoms with van der Waals surface area (Å²) in [6.07, 6.45) is -4.49. The number of pyridine rings is 1. The Labute approximate surface area is 196 Å². The molecule has 7 nitrogen and oxygen atoms in total. The topological polar surface area (TPSA) is 104 Å². The number of hydrogen-bond acceptors (Lipinski definition) is 5. The predicted molar refractivity (Wildman–Crippen MR) is 113 cm³/mol. The van der Waals surface area contributed by atoms with E-state index in [1.54, 1.807) is 0 Å². The summed E-state index contributed by atoms with van der Waals surface area (Å²) in [6.45, 7) is 0.861. The minimum Gasteiger partial charge on any atom is -0.493 e. The number of aromatic nitrogens is 1. The molecule has 188 valence electrons. The van der Waals surface area contributed by atoms with Gasteiger partial charge in [0.05, 0.1) is 7.11 Å². The van der Waals surface area contributed by atoms with Crippen molar-refractivity contribution < 1.29 is 41.0 Å². The summed E-state index contributed by atoms with van der Waals surface area (Å²) in [5.41, 5.74) is 2.21. The lowest BCUT2D eigenvalue weighted by Crippen LogP contribution is -2.49. The predicted octanol–water partition coefficient (Wildman–Crippen LogP) is 3.94. The Morgan fingerprint density at radius 1 is 1.23 bits per heavy atom. The van der Waals surface area contributed by atoms with E-state index in [2.05, 4.69) is 10.3 Å². The molecular formula is C23H22F5N3O4. The van der Waals surface area contributed by atoms with Crippen LogP contribution in [0.2, 0.25) is 0 Å². The third-order valence-electron chi connectivity index (χ3n) is 6.60. The minimum absolute atomic E-state index is 0.0435. The van der Waals surface area contributed by atoms with Crippen LogP contribution in [0, 0.1) is 23.5 Å². The largest absolute Gasteiger partial charge is 0.493 e. The molecule has 4 rings (SSSR count). The molecule has 2 aromatic rings. The molecule has 0 bridgehead atoms. The Morgan fingerprint density at radius 3 is 2.49 bits per heavy atom. The lowest BCUT2D eigenvalue weighted by Gasteiger charge is -2.34. The number of halogens is 5. The first-order valence-electron chi connectivity index (χ1n) is 10.7. The van der Waals surface area contributed by atoms with E-state index in [-0.39, 0.29) is 16.9 Å². The number of methoxy groups -OCH3 is 1. The van der Waals surface area contributed by atoms with Gasteiger partial charge in [0.1, 0.15) is 11.8 Å². The maximum atomic E-state index is 14.6. The molecule has 1 saturated carbocycles. The molecule has 0 unspecified atom stereocenters. The monoisotopic (exact) mass is 499 g/mol. The fourth-order valence-corrected chi connectivity index (χ4v) is 4.85. The van der Waals surface area contributed by atoms with Gasteiger partial charge >= 0.3 is 6.18 Å². The van der Waals surface area contributed by atoms with Crippen LogP contribution in [-0.2, 0) is 9.53 Å². The fourth-order valence-electron chi connectivity index (χ4n) is 4.85. The molecule has 0 spiro atoms. The standard InChI is InChI=1S/C23H22F5N3O4/c1-22(23(26,27)28)16(10-3-4-10)15(12-5-6-13(24)17(25)18(12)34-2)19(35-22)21(33)31-11-7-8-30-14(9-11)20(29)32/h5-10,15-16,19H,3-4H2,1-2H3,(H2,29,32)(H,30,31,33)/t15-,16+,19+,22+/m0/s1. The zero-order chi connectivity index (χ0) is 25.7. The number of rotatable bonds is 6. The molecular weight excluding hydrogens is 477 g/mol. The first-order valence-corrected chi connectivity index (χ1v) is 10.7. The summed E-state index contributed by atoms with van der Waals surface area (Å²) >= 11 is 0. The third kappa shape index (κ3) is 4.30. The van der Waals surface area contributed by atoms with Gasteiger partial charge in [0.25, 0.3) is 11.8 Å². The summed E-state index contributed by atoms with van der Waals surface area (Å²) in [7, 11) is 1.06. The van der Waals surface area contributed by atoms with Crippen LogP contribution >= 0.6 is 0 Å². The van der Waals surface area contributed by atoms with Crippen LogP contribution in [0.5, 0.6) is 5.75 Å². The molecule has 1 aromatic carbocycles. The van der Waals surface area contributed by atoms with Crippen molar-refractivity contribution in [3.8, 4) is 5.75 Å². The molecule has 1 saturated heterocycles. The highest BCUT2D eigenvalue weighted by Gasteiger charge is 2.70. The highest BCUT2D eigenvalue weighted by Crippen LogP contribution is 2.62. The molecule has 0 radical (unpaired) electrons. The van der Waals surface area contributed by atoms with Gasteiger partial charge in [-0.25, -0.2) is 4.39 Å². The van der Waals surface area contributed by atoms with Crippen LogP contribution in [0.25, 0.3) is 0 Å². The number of primary amides is 1. The maximum absolute atomic E-state index is 14.6. The highest BCUT2D eigenvalue weighted by atomic mass is 19.4. The first kappa shape index (κ1) is 24.8. The van der Waals surface area contributed by atoms with Crippen molar-refractivity contribution in [2.45, 2.75) is 43.6 Å². The molecule has 35 heavy (non-hydrogen) atoms. The second-order valence-corrected chi connectivity index (χ2v) is 8.80. The molecule has 1 aliphatic heterocycles. The molecule has 1 aromatic heterocycles. The maximum Gasteiger partial charge on any atom is 0.417 e. The molecule has 2 heterocycles. The number of benzene rings is 1. The summed E-state index contributed by atoms with van der Waals surface area (Å²) in [4.78, 5) is 28.4. The highest BCUT2D eigenvalue weighted by molar-refractivity contribution is 5.97. The summed E-state index contributed by atoms with van der Waals surface area (Å²) in [5.74, 6) is -8.09. The minimum atomic E-state index is -4.87. The average molecular weight is 499 g/mol. The van der Waals surface area contributed by atoms with Crippen molar-refractivity contribution in [1.29, 1.82) is 0 Å². The molecule has 12 heteroatoms. The van der Waals surface area contributed by atoms with Crippen LogP contribution in [-0.4, -0.2) is 41.8 Å². The van der Waals surface area contributed by atoms with Crippen molar-refractivity contribution >= 4 is 17.5 Å². The molecule has 2 aliphatic rings. The lowest BCUT2D eigenvalue weighted by molar-refractivity contribution is -0.275. The zero-order valence-electron chi connectivity index (χ0n) is 18.7. The van der Waals surface area contributed by atoms with Crippen molar-refractivity contribution in [2.75, 3.05) is 12.4 Å². The van der Waals surface area contributed by atoms with Gasteiger partial charge in [-0.05, 0) is 43.9 Å². The van der Waals surface area contributed by atoms with Gasteiger partial charge in [-0.3, -0.25) is 14.6 Å². The summed E-state index contributed by atoms with van der Waals surface area (Å²) in [6, 6.07) is 4.36. The first-order chi connectivity index (χ1) is 16.4. The number of ether oxygens (including phenoxy) is 2. The number of carbonyl (C=O) groups excluding carboxylic acids is 2. The Balaban J connectivity index is 1.81. The van der Waals surface area contributed by atoms with Gasteiger partial charge < -0.3 is 20.5 Å². The van der Waals surface area contributed by atoms with Gasteiger partial charge in [-0.1, -0.05) is 6.07 Å². The van der Waals surface area contributed by atoms with E-state index in [4.69, 9.17) is 15.2 Å². The van der Waals surface area contributed by atoms with E-state index in [9.17, 15) is 31.5 Å². The van der Waals surface area contributed by atoms with Crippen molar-refractivity contribution in [2.24, 2.45) is 17.6 Å². The smallest absolute Gasteiger partial charge is 0.417 e. The van der Waals surface area contributed by atoms with E-state index in [0.717, 1.165) is 32.2 Å². The van der Waals surface area contributed by atoms with Gasteiger partial charge in [0, 0.05) is 29.3 Å². The van der Waals surface area contributed by atoms with E-state index in [1.807, 2.05) is 0 Å². The molecule has 3 N–H and O–H groups in total. The number of nitrogens with one attached hydrogen (secondary N) is 1. The van der Waals surface area contributed by atoms with Crippen LogP contribution in [0.4, 0.5) is 27.6 Å². The van der Waals surface area contributed by atoms with Crippen molar-refractivity contribution in [3.63, 3.8) is 0 Å². The van der Waals surface area contributed by atoms with Crippen LogP contribution in [0.1, 0.15) is 41.7 Å². The second kappa shape index (κ2) is 8.74. The number of anilines is 1. The number of alkyl halides is 3. The number of hydrogen-bond donors (Lipinski definition) is 2. The Kier molecular flexibility index (Phi) is 6.20. The number of nitrogens with zero attached hydrogens (tertiary/aromatic N) is 1. The van der Waals surface area contributed by atoms with E-state index in [0.29, 0.717) is 12.8 Å². The Bertz CT molecular complexity index is 1170. The summed E-state index contributed by atoms with van der Waals surface area (Å²) in [5, 5.41) is 2.42. The Hall–Kier alpha value is -3.28. The normalized spacial score (nSPS) is 26.4. The van der Waals surface area contributed by atoms with Crippen LogP contribution in [0.3, 0.4) is 0 Å². The SMILES string of the molecule is COc1c([C@H]2[C@@H](C3CC3)[C@](C)(C(F)(F)F)O[C@H]2C(=O)Nc2ccnc(C(N)=O)c2)ccc(F)c1F. The second-order valence-electron chi connectivity index (χ2n) is 8.80. The quantitative estimate of drug-likeness (QED) is 0.587. The molecule has 4 atom stereocenters. The van der Waals surface area contributed by atoms with Crippen LogP contribution in [0.15, 0.2) is 30.5 Å². The molecule has 2 fully saturated rings. The lowest BCUT2D eigenvalue weighted by atomic mass is 9.73. The van der Waals surface area contributed by atoms with Gasteiger partial charge in [-0.2, -0.15) is 17.6 Å². The molecule has 2 amide bonds. The number of nitrogens with two attached hydrogens (primary N) is 1. The van der Waals surface area contributed by atoms with Crippen molar-refractivity contribution in [1.82, 2.24) is 4.98 Å². The Morgan fingerprint density at radius 2 is 1.91 bits per heavy atom. The van der Waals surface area contributed by atoms with Crippen molar-refractivity contribution in [3.05, 3.63) is 53.4 Å². The van der Waals surface area contributed by atoms with Gasteiger partial charge in [-0.15, -0.1) is 0 Å². The number of carbonyl (C=O) groups is 2. The van der Waals surface area contributed by atoms with Gasteiger partial charge in [0.2, 0.25) is 5.82 Å². The summed E-state index contributed by atoms with van der Waals surface area (Å²) < 4.78 is 81.9. The van der Waals surface area contributed by atoms with Gasteiger partial charge in [0.15, 0.2) is 17.2 Å². The third-order valence-corrected chi connectivity index (χ3v) is 6.60. The average Bonchev–Trinajstić information content (AvgIpc) is 3.57. The van der Waals surface area contributed by atoms with Crippen LogP contribution < -0.4 is 15.8 Å². The fraction of sp³-hybridized carbons (Fsp3) is 0.435. The van der Waals surface area contributed by atoms with E-state index < -0.39 is 64.8 Å². The zero-order valence-corrected chi connectivity index (χ0v) is 18.7. The van der Waals surface area contributed by atoms with E-state index in [1.165, 1.54) is 12.3 Å². The molecule has 1 aliphatic carbocycles. The van der Waals surface area contributed by atoms with E-state index >= 15 is 0 Å². The number of amides is 2.